The highest BCUT2D eigenvalue weighted by atomic mass is 19.1. The van der Waals surface area contributed by atoms with Crippen LogP contribution in [0.5, 0.6) is 0 Å². The van der Waals surface area contributed by atoms with Gasteiger partial charge < -0.3 is 15.6 Å². The summed E-state index contributed by atoms with van der Waals surface area (Å²) in [7, 11) is 0. The number of carbonyl (C=O) groups is 1. The number of imidazole rings is 1. The van der Waals surface area contributed by atoms with Gasteiger partial charge in [-0.15, -0.1) is 0 Å². The summed E-state index contributed by atoms with van der Waals surface area (Å²) in [5, 5.41) is 2.59. The van der Waals surface area contributed by atoms with E-state index in [1.54, 1.807) is 44.3 Å². The fraction of sp³-hybridized carbons (Fsp3) is 0.333. The zero-order chi connectivity index (χ0) is 23.3. The number of amides is 1. The zero-order valence-electron chi connectivity index (χ0n) is 18.1. The number of nitrogens with zero attached hydrogens (tertiary/aromatic N) is 2. The average Bonchev–Trinajstić information content (AvgIpc) is 3.13. The smallest absolute Gasteiger partial charge is 0.226 e. The monoisotopic (exact) mass is 444 g/mol. The third-order valence-electron chi connectivity index (χ3n) is 5.18. The van der Waals surface area contributed by atoms with Gasteiger partial charge in [0, 0.05) is 31.3 Å². The summed E-state index contributed by atoms with van der Waals surface area (Å²) in [4.78, 5) is 17.3. The second-order valence-electron chi connectivity index (χ2n) is 8.41. The molecule has 0 unspecified atom stereocenters. The number of alkyl halides is 1. The summed E-state index contributed by atoms with van der Waals surface area (Å²) in [6, 6.07) is 12.3. The van der Waals surface area contributed by atoms with Crippen LogP contribution in [0.4, 0.5) is 13.2 Å². The van der Waals surface area contributed by atoms with Crippen LogP contribution in [0.25, 0.3) is 11.3 Å². The van der Waals surface area contributed by atoms with Gasteiger partial charge in [-0.3, -0.25) is 4.79 Å². The summed E-state index contributed by atoms with van der Waals surface area (Å²) < 4.78 is 42.7. The maximum absolute atomic E-state index is 13.7. The molecule has 1 heterocycles. The van der Waals surface area contributed by atoms with E-state index in [-0.39, 0.29) is 37.1 Å². The molecule has 1 aromatic heterocycles. The molecule has 3 aromatic rings. The standard InChI is InChI=1S/C24H27F3N4O/c1-24(2,23(32)29-13-20(27)12-28)11-22-30-21(17-6-4-8-19(26)10-17)15-31(22)14-16-5-3-7-18(25)9-16/h3-10,15,20H,11-14,28H2,1-2H3,(H,29,32)/t20-/m1/s1. The molecule has 0 saturated heterocycles. The molecule has 2 aromatic carbocycles. The molecular formula is C24H27F3N4O. The molecule has 3 rings (SSSR count). The number of carbonyl (C=O) groups excluding carboxylic acids is 1. The third kappa shape index (κ3) is 5.97. The summed E-state index contributed by atoms with van der Waals surface area (Å²) >= 11 is 0. The number of halogens is 3. The van der Waals surface area contributed by atoms with Crippen molar-refractivity contribution in [1.29, 1.82) is 0 Å². The van der Waals surface area contributed by atoms with Crippen molar-refractivity contribution >= 4 is 5.91 Å². The normalized spacial score (nSPS) is 12.6. The van der Waals surface area contributed by atoms with Crippen molar-refractivity contribution in [1.82, 2.24) is 14.9 Å². The van der Waals surface area contributed by atoms with Gasteiger partial charge in [-0.05, 0) is 29.8 Å². The van der Waals surface area contributed by atoms with Gasteiger partial charge in [0.15, 0.2) is 0 Å². The number of nitrogens with two attached hydrogens (primary N) is 1. The number of aromatic nitrogens is 2. The summed E-state index contributed by atoms with van der Waals surface area (Å²) in [5.41, 5.74) is 6.22. The van der Waals surface area contributed by atoms with E-state index in [0.717, 1.165) is 5.56 Å². The molecule has 8 heteroatoms. The van der Waals surface area contributed by atoms with Crippen LogP contribution in [-0.2, 0) is 17.8 Å². The molecule has 0 fully saturated rings. The Balaban J connectivity index is 1.90. The third-order valence-corrected chi connectivity index (χ3v) is 5.18. The van der Waals surface area contributed by atoms with Crippen LogP contribution in [0, 0.1) is 17.0 Å². The van der Waals surface area contributed by atoms with Crippen molar-refractivity contribution in [3.05, 3.63) is 77.8 Å². The van der Waals surface area contributed by atoms with Crippen LogP contribution in [0.1, 0.15) is 25.2 Å². The lowest BCUT2D eigenvalue weighted by atomic mass is 9.87. The Morgan fingerprint density at radius 1 is 1.16 bits per heavy atom. The second-order valence-corrected chi connectivity index (χ2v) is 8.41. The largest absolute Gasteiger partial charge is 0.353 e. The van der Waals surface area contributed by atoms with Crippen molar-refractivity contribution in [2.75, 3.05) is 13.1 Å². The Bertz CT molecular complexity index is 1080. The van der Waals surface area contributed by atoms with E-state index in [4.69, 9.17) is 5.73 Å². The fourth-order valence-corrected chi connectivity index (χ4v) is 3.35. The highest BCUT2D eigenvalue weighted by Crippen LogP contribution is 2.26. The first-order valence-electron chi connectivity index (χ1n) is 10.4. The van der Waals surface area contributed by atoms with Crippen LogP contribution in [0.3, 0.4) is 0 Å². The molecule has 32 heavy (non-hydrogen) atoms. The highest BCUT2D eigenvalue weighted by molar-refractivity contribution is 5.82. The molecule has 1 amide bonds. The van der Waals surface area contributed by atoms with E-state index in [0.29, 0.717) is 23.6 Å². The Hall–Kier alpha value is -3.13. The minimum Gasteiger partial charge on any atom is -0.353 e. The van der Waals surface area contributed by atoms with E-state index in [9.17, 15) is 18.0 Å². The molecule has 1 atom stereocenters. The molecule has 3 N–H and O–H groups in total. The SMILES string of the molecule is CC(C)(Cc1nc(-c2cccc(F)c2)cn1Cc1cccc(F)c1)C(=O)NC[C@H](F)CN. The summed E-state index contributed by atoms with van der Waals surface area (Å²) in [6.07, 6.45) is 0.683. The molecular weight excluding hydrogens is 417 g/mol. The van der Waals surface area contributed by atoms with Crippen LogP contribution in [0.2, 0.25) is 0 Å². The lowest BCUT2D eigenvalue weighted by Gasteiger charge is -2.24. The molecule has 0 saturated carbocycles. The lowest BCUT2D eigenvalue weighted by Crippen LogP contribution is -2.42. The number of hydrogen-bond acceptors (Lipinski definition) is 3. The van der Waals surface area contributed by atoms with Gasteiger partial charge >= 0.3 is 0 Å². The molecule has 0 aliphatic rings. The predicted molar refractivity (Wildman–Crippen MR) is 118 cm³/mol. The number of hydrogen-bond donors (Lipinski definition) is 2. The van der Waals surface area contributed by atoms with E-state index in [1.807, 2.05) is 4.57 Å². The molecule has 170 valence electrons. The molecule has 0 bridgehead atoms. The first kappa shape index (κ1) is 23.5. The minimum atomic E-state index is -1.32. The lowest BCUT2D eigenvalue weighted by molar-refractivity contribution is -0.129. The van der Waals surface area contributed by atoms with Gasteiger partial charge in [0.25, 0.3) is 0 Å². The predicted octanol–water partition coefficient (Wildman–Crippen LogP) is 3.86. The fourth-order valence-electron chi connectivity index (χ4n) is 3.35. The first-order chi connectivity index (χ1) is 15.2. The minimum absolute atomic E-state index is 0.162. The quantitative estimate of drug-likeness (QED) is 0.527. The Morgan fingerprint density at radius 3 is 2.50 bits per heavy atom. The first-order valence-corrected chi connectivity index (χ1v) is 10.4. The number of nitrogens with one attached hydrogen (secondary N) is 1. The van der Waals surface area contributed by atoms with Crippen LogP contribution >= 0.6 is 0 Å². The van der Waals surface area contributed by atoms with E-state index < -0.39 is 11.6 Å². The van der Waals surface area contributed by atoms with Crippen molar-refractivity contribution in [2.45, 2.75) is 33.0 Å². The van der Waals surface area contributed by atoms with Gasteiger partial charge in [0.1, 0.15) is 23.6 Å². The Morgan fingerprint density at radius 2 is 1.84 bits per heavy atom. The van der Waals surface area contributed by atoms with Crippen molar-refractivity contribution < 1.29 is 18.0 Å². The van der Waals surface area contributed by atoms with Gasteiger partial charge in [-0.25, -0.2) is 18.2 Å². The number of rotatable bonds is 9. The van der Waals surface area contributed by atoms with Crippen molar-refractivity contribution in [3.8, 4) is 11.3 Å². The Labute approximate surface area is 185 Å². The van der Waals surface area contributed by atoms with Crippen LogP contribution in [-0.4, -0.2) is 34.7 Å². The second kappa shape index (κ2) is 9.99. The maximum Gasteiger partial charge on any atom is 0.226 e. The average molecular weight is 445 g/mol. The van der Waals surface area contributed by atoms with Crippen molar-refractivity contribution in [2.24, 2.45) is 11.1 Å². The molecule has 0 aliphatic carbocycles. The van der Waals surface area contributed by atoms with E-state index >= 15 is 0 Å². The van der Waals surface area contributed by atoms with E-state index in [1.165, 1.54) is 24.3 Å². The van der Waals surface area contributed by atoms with E-state index in [2.05, 4.69) is 10.3 Å². The molecule has 0 radical (unpaired) electrons. The Kier molecular flexibility index (Phi) is 7.35. The van der Waals surface area contributed by atoms with Gasteiger partial charge in [0.2, 0.25) is 5.91 Å². The molecule has 5 nitrogen and oxygen atoms in total. The maximum atomic E-state index is 13.7. The molecule has 0 spiro atoms. The zero-order valence-corrected chi connectivity index (χ0v) is 18.1. The summed E-state index contributed by atoms with van der Waals surface area (Å²) in [5.74, 6) is -0.496. The van der Waals surface area contributed by atoms with Gasteiger partial charge in [-0.2, -0.15) is 0 Å². The highest BCUT2D eigenvalue weighted by Gasteiger charge is 2.30. The van der Waals surface area contributed by atoms with Crippen LogP contribution in [0.15, 0.2) is 54.7 Å². The molecule has 0 aliphatic heterocycles. The number of benzene rings is 2. The van der Waals surface area contributed by atoms with Gasteiger partial charge in [-0.1, -0.05) is 38.1 Å². The topological polar surface area (TPSA) is 72.9 Å². The summed E-state index contributed by atoms with van der Waals surface area (Å²) in [6.45, 7) is 3.47. The van der Waals surface area contributed by atoms with Crippen LogP contribution < -0.4 is 11.1 Å². The van der Waals surface area contributed by atoms with Crippen molar-refractivity contribution in [3.63, 3.8) is 0 Å². The van der Waals surface area contributed by atoms with Gasteiger partial charge in [0.05, 0.1) is 17.7 Å².